The first-order valence-electron chi connectivity index (χ1n) is 8.90. The van der Waals surface area contributed by atoms with Crippen molar-refractivity contribution in [3.63, 3.8) is 0 Å². The highest BCUT2D eigenvalue weighted by molar-refractivity contribution is 5.82. The number of carbonyl (C=O) groups is 1. The molecule has 138 valence electrons. The highest BCUT2D eigenvalue weighted by Crippen LogP contribution is 2.41. The molecule has 1 saturated carbocycles. The van der Waals surface area contributed by atoms with Gasteiger partial charge in [-0.2, -0.15) is 0 Å². The number of aliphatic hydroxyl groups excluding tert-OH is 1. The molecule has 4 nitrogen and oxygen atoms in total. The highest BCUT2D eigenvalue weighted by Gasteiger charge is 2.40. The summed E-state index contributed by atoms with van der Waals surface area (Å²) in [5, 5.41) is 12.6. The lowest BCUT2D eigenvalue weighted by Crippen LogP contribution is -2.45. The molecular weight excluding hydrogens is 328 g/mol. The van der Waals surface area contributed by atoms with E-state index in [0.29, 0.717) is 19.3 Å². The van der Waals surface area contributed by atoms with E-state index in [2.05, 4.69) is 5.32 Å². The van der Waals surface area contributed by atoms with Crippen molar-refractivity contribution in [1.82, 2.24) is 5.32 Å². The van der Waals surface area contributed by atoms with Gasteiger partial charge < -0.3 is 15.2 Å². The van der Waals surface area contributed by atoms with E-state index in [1.165, 1.54) is 0 Å². The number of hydrogen-bond acceptors (Lipinski definition) is 3. The van der Waals surface area contributed by atoms with Crippen LogP contribution in [-0.4, -0.2) is 23.7 Å². The Morgan fingerprint density at radius 3 is 2.48 bits per heavy atom. The van der Waals surface area contributed by atoms with Crippen molar-refractivity contribution in [2.75, 3.05) is 6.61 Å². The average Bonchev–Trinajstić information content (AvgIpc) is 2.58. The minimum absolute atomic E-state index is 0.0921. The van der Waals surface area contributed by atoms with Gasteiger partial charge in [-0.25, -0.2) is 8.78 Å². The van der Waals surface area contributed by atoms with Crippen LogP contribution < -0.4 is 10.1 Å². The second kappa shape index (κ2) is 6.90. The van der Waals surface area contributed by atoms with Gasteiger partial charge >= 0.3 is 0 Å². The molecule has 2 N–H and O–H groups in total. The first-order valence-corrected chi connectivity index (χ1v) is 8.90. The van der Waals surface area contributed by atoms with Crippen LogP contribution in [0.1, 0.15) is 57.6 Å². The van der Waals surface area contributed by atoms with Gasteiger partial charge in [0.15, 0.2) is 11.6 Å². The van der Waals surface area contributed by atoms with Crippen LogP contribution in [0.15, 0.2) is 12.1 Å². The van der Waals surface area contributed by atoms with Gasteiger partial charge in [-0.1, -0.05) is 13.8 Å². The van der Waals surface area contributed by atoms with Gasteiger partial charge in [-0.15, -0.1) is 0 Å². The maximum atomic E-state index is 14.2. The van der Waals surface area contributed by atoms with Crippen molar-refractivity contribution < 1.29 is 23.4 Å². The maximum absolute atomic E-state index is 14.2. The molecule has 1 amide bonds. The number of carbonyl (C=O) groups excluding carboxylic acids is 1. The van der Waals surface area contributed by atoms with Crippen LogP contribution in [-0.2, 0) is 4.79 Å². The maximum Gasteiger partial charge on any atom is 0.226 e. The fourth-order valence-corrected chi connectivity index (χ4v) is 3.91. The van der Waals surface area contributed by atoms with E-state index in [-0.39, 0.29) is 35.8 Å². The molecule has 1 heterocycles. The zero-order valence-corrected chi connectivity index (χ0v) is 14.6. The van der Waals surface area contributed by atoms with Crippen LogP contribution in [0.25, 0.3) is 0 Å². The van der Waals surface area contributed by atoms with Gasteiger partial charge in [0.25, 0.3) is 0 Å². The number of nitrogens with one attached hydrogen (secondary N) is 1. The third-order valence-electron chi connectivity index (χ3n) is 5.70. The van der Waals surface area contributed by atoms with Crippen molar-refractivity contribution in [3.05, 3.63) is 29.3 Å². The minimum Gasteiger partial charge on any atom is -0.490 e. The summed E-state index contributed by atoms with van der Waals surface area (Å²) in [6.45, 7) is 3.99. The van der Waals surface area contributed by atoms with E-state index in [1.54, 1.807) is 0 Å². The van der Waals surface area contributed by atoms with Crippen molar-refractivity contribution in [2.45, 2.75) is 58.1 Å². The molecule has 2 aliphatic rings. The molecular formula is C19H25F2NO3. The number of halogens is 2. The summed E-state index contributed by atoms with van der Waals surface area (Å²) in [6.07, 6.45) is 3.08. The predicted octanol–water partition coefficient (Wildman–Crippen LogP) is 3.48. The topological polar surface area (TPSA) is 58.6 Å². The number of aliphatic hydroxyl groups is 1. The van der Waals surface area contributed by atoms with Crippen LogP contribution in [0.5, 0.6) is 5.75 Å². The van der Waals surface area contributed by atoms with Crippen molar-refractivity contribution >= 4 is 5.91 Å². The van der Waals surface area contributed by atoms with Gasteiger partial charge in [0.2, 0.25) is 5.91 Å². The Labute approximate surface area is 146 Å². The molecule has 25 heavy (non-hydrogen) atoms. The van der Waals surface area contributed by atoms with E-state index in [9.17, 15) is 18.7 Å². The number of hydrogen-bond donors (Lipinski definition) is 2. The van der Waals surface area contributed by atoms with Crippen molar-refractivity contribution in [1.29, 1.82) is 0 Å². The molecule has 1 aromatic carbocycles. The zero-order chi connectivity index (χ0) is 18.2. The van der Waals surface area contributed by atoms with Crippen molar-refractivity contribution in [2.24, 2.45) is 11.3 Å². The quantitative estimate of drug-likeness (QED) is 0.875. The molecule has 0 bridgehead atoms. The van der Waals surface area contributed by atoms with Gasteiger partial charge in [0, 0.05) is 11.8 Å². The molecule has 3 rings (SSSR count). The van der Waals surface area contributed by atoms with Crippen LogP contribution in [0.2, 0.25) is 0 Å². The molecule has 0 unspecified atom stereocenters. The SMILES string of the molecule is CC(C)(C(=O)N[C@@H]1CCOc2c(F)ccc(F)c21)C1CCC(O)CC1. The van der Waals surface area contributed by atoms with Gasteiger partial charge in [0.05, 0.1) is 24.3 Å². The van der Waals surface area contributed by atoms with E-state index >= 15 is 0 Å². The van der Waals surface area contributed by atoms with Gasteiger partial charge in [0.1, 0.15) is 5.82 Å². The Balaban J connectivity index is 1.77. The summed E-state index contributed by atoms with van der Waals surface area (Å²) in [6, 6.07) is 1.51. The van der Waals surface area contributed by atoms with E-state index in [4.69, 9.17) is 4.74 Å². The van der Waals surface area contributed by atoms with Crippen LogP contribution >= 0.6 is 0 Å². The van der Waals surface area contributed by atoms with Crippen molar-refractivity contribution in [3.8, 4) is 5.75 Å². The minimum atomic E-state index is -0.636. The van der Waals surface area contributed by atoms with Crippen LogP contribution in [0.4, 0.5) is 8.78 Å². The molecule has 6 heteroatoms. The summed E-state index contributed by atoms with van der Waals surface area (Å²) in [5.41, 5.74) is -0.544. The van der Waals surface area contributed by atoms with Crippen LogP contribution in [0.3, 0.4) is 0 Å². The molecule has 1 aliphatic heterocycles. The smallest absolute Gasteiger partial charge is 0.226 e. The van der Waals surface area contributed by atoms with Gasteiger partial charge in [-0.3, -0.25) is 4.79 Å². The van der Waals surface area contributed by atoms with Crippen LogP contribution in [0, 0.1) is 23.0 Å². The molecule has 1 atom stereocenters. The summed E-state index contributed by atoms with van der Waals surface area (Å²) < 4.78 is 33.4. The molecule has 1 aliphatic carbocycles. The lowest BCUT2D eigenvalue weighted by Gasteiger charge is -2.38. The standard InChI is InChI=1S/C19H25F2NO3/c1-19(2,11-3-5-12(23)6-4-11)18(24)22-15-9-10-25-17-14(21)8-7-13(20)16(15)17/h7-8,11-12,15,23H,3-6,9-10H2,1-2H3,(H,22,24)/t11?,12?,15-/m1/s1. The second-order valence-electron chi connectivity index (χ2n) is 7.66. The largest absolute Gasteiger partial charge is 0.490 e. The summed E-state index contributed by atoms with van der Waals surface area (Å²) >= 11 is 0. The average molecular weight is 353 g/mol. The van der Waals surface area contributed by atoms with E-state index in [1.807, 2.05) is 13.8 Å². The summed E-state index contributed by atoms with van der Waals surface area (Å²) in [5.74, 6) is -1.30. The molecule has 1 fully saturated rings. The first kappa shape index (κ1) is 18.1. The highest BCUT2D eigenvalue weighted by atomic mass is 19.1. The number of ether oxygens (including phenoxy) is 1. The number of rotatable bonds is 3. The van der Waals surface area contributed by atoms with E-state index in [0.717, 1.165) is 25.0 Å². The molecule has 0 spiro atoms. The summed E-state index contributed by atoms with van der Waals surface area (Å²) in [7, 11) is 0. The predicted molar refractivity (Wildman–Crippen MR) is 89.1 cm³/mol. The first-order chi connectivity index (χ1) is 11.8. The molecule has 0 aromatic heterocycles. The number of benzene rings is 1. The molecule has 1 aromatic rings. The lowest BCUT2D eigenvalue weighted by molar-refractivity contribution is -0.134. The Hall–Kier alpha value is -1.69. The number of fused-ring (bicyclic) bond motifs is 1. The summed E-state index contributed by atoms with van der Waals surface area (Å²) in [4.78, 5) is 12.9. The Morgan fingerprint density at radius 2 is 1.80 bits per heavy atom. The molecule has 0 saturated heterocycles. The fourth-order valence-electron chi connectivity index (χ4n) is 3.91. The monoisotopic (exact) mass is 353 g/mol. The second-order valence-corrected chi connectivity index (χ2v) is 7.66. The lowest BCUT2D eigenvalue weighted by atomic mass is 9.70. The normalized spacial score (nSPS) is 26.5. The van der Waals surface area contributed by atoms with Gasteiger partial charge in [-0.05, 0) is 43.7 Å². The third-order valence-corrected chi connectivity index (χ3v) is 5.70. The zero-order valence-electron chi connectivity index (χ0n) is 14.6. The Bertz CT molecular complexity index is 654. The Morgan fingerprint density at radius 1 is 1.16 bits per heavy atom. The number of amides is 1. The third kappa shape index (κ3) is 3.50. The molecule has 0 radical (unpaired) electrons. The fraction of sp³-hybridized carbons (Fsp3) is 0.632. The Kier molecular flexibility index (Phi) is 5.00. The van der Waals surface area contributed by atoms with E-state index < -0.39 is 23.1 Å².